The molecule has 6 rings (SSSR count). The Kier molecular flexibility index (Phi) is 10.7. The monoisotopic (exact) mass is 695 g/mol. The average Bonchev–Trinajstić information content (AvgIpc) is 3.82. The first-order valence-corrected chi connectivity index (χ1v) is 18.4. The van der Waals surface area contributed by atoms with Gasteiger partial charge in [0, 0.05) is 51.3 Å². The number of rotatable bonds is 10. The summed E-state index contributed by atoms with van der Waals surface area (Å²) in [4.78, 5) is 39.1. The van der Waals surface area contributed by atoms with Crippen LogP contribution in [-0.2, 0) is 9.59 Å². The lowest BCUT2D eigenvalue weighted by molar-refractivity contribution is -0.141. The van der Waals surface area contributed by atoms with Gasteiger partial charge < -0.3 is 30.1 Å². The van der Waals surface area contributed by atoms with Gasteiger partial charge in [-0.15, -0.1) is 11.3 Å². The number of alkyl halides is 1. The number of β-amino-alcohol motifs (C(OH)–C–C–N with tert-alkyl or cyclic N) is 1. The maximum absolute atomic E-state index is 15.4. The fourth-order valence-corrected chi connectivity index (χ4v) is 8.34. The van der Waals surface area contributed by atoms with Crippen molar-refractivity contribution in [2.24, 2.45) is 5.92 Å². The fourth-order valence-electron chi connectivity index (χ4n) is 7.53. The summed E-state index contributed by atoms with van der Waals surface area (Å²) in [5, 5.41) is 21.3. The standard InChI is InChI=1S/C36H50FN7O4S/c1-22(2)32(30-17-31(41-48-30)42-14-15-43(23(3)18-42)20-36(37)10-12-38-13-11-36)35(47)44-19-28(45)16-29(44)34(46)40-24(4)26-6-8-27(9-7-26)33-25(5)39-21-49-33/h6-9,17,21-24,28-29,32,38,45H,10-16,18-20H2,1-5H3,(H,40,46)/t23-,24?,28+,29-,32?/m0/s1. The van der Waals surface area contributed by atoms with Crippen molar-refractivity contribution in [3.63, 3.8) is 0 Å². The number of amides is 2. The van der Waals surface area contributed by atoms with Gasteiger partial charge in [0.15, 0.2) is 11.6 Å². The molecule has 0 spiro atoms. The summed E-state index contributed by atoms with van der Waals surface area (Å²) in [5.41, 5.74) is 3.68. The van der Waals surface area contributed by atoms with Crippen LogP contribution in [0.2, 0.25) is 0 Å². The quantitative estimate of drug-likeness (QED) is 0.285. The Morgan fingerprint density at radius 2 is 1.90 bits per heavy atom. The highest BCUT2D eigenvalue weighted by molar-refractivity contribution is 7.13. The molecular formula is C36H50FN7O4S. The number of halogens is 1. The third kappa shape index (κ3) is 7.84. The third-order valence-electron chi connectivity index (χ3n) is 10.5. The molecule has 3 aliphatic heterocycles. The van der Waals surface area contributed by atoms with E-state index in [2.05, 4.69) is 37.5 Å². The molecular weight excluding hydrogens is 646 g/mol. The molecule has 0 aliphatic carbocycles. The fraction of sp³-hybridized carbons (Fsp3) is 0.611. The number of anilines is 1. The maximum Gasteiger partial charge on any atom is 0.243 e. The summed E-state index contributed by atoms with van der Waals surface area (Å²) in [7, 11) is 0. The summed E-state index contributed by atoms with van der Waals surface area (Å²) in [6, 6.07) is 8.91. The largest absolute Gasteiger partial charge is 0.391 e. The Bertz CT molecular complexity index is 1590. The molecule has 266 valence electrons. The lowest BCUT2D eigenvalue weighted by atomic mass is 9.91. The van der Waals surface area contributed by atoms with Gasteiger partial charge in [-0.25, -0.2) is 9.37 Å². The number of piperidine rings is 1. The van der Waals surface area contributed by atoms with Crippen molar-refractivity contribution >= 4 is 29.0 Å². The molecule has 5 atom stereocenters. The van der Waals surface area contributed by atoms with Crippen molar-refractivity contribution in [1.29, 1.82) is 0 Å². The van der Waals surface area contributed by atoms with Crippen LogP contribution in [0.15, 0.2) is 40.4 Å². The number of piperazine rings is 1. The summed E-state index contributed by atoms with van der Waals surface area (Å²) < 4.78 is 21.3. The Balaban J connectivity index is 1.10. The molecule has 3 aliphatic rings. The first-order valence-electron chi connectivity index (χ1n) is 17.6. The number of thiazole rings is 1. The van der Waals surface area contributed by atoms with Crippen LogP contribution in [0.1, 0.15) is 75.9 Å². The Labute approximate surface area is 292 Å². The van der Waals surface area contributed by atoms with E-state index in [0.29, 0.717) is 63.7 Å². The summed E-state index contributed by atoms with van der Waals surface area (Å²) in [6.45, 7) is 13.9. The van der Waals surface area contributed by atoms with Crippen LogP contribution in [0, 0.1) is 12.8 Å². The minimum atomic E-state index is -1.16. The minimum Gasteiger partial charge on any atom is -0.391 e. The smallest absolute Gasteiger partial charge is 0.243 e. The number of likely N-dealkylation sites (tertiary alicyclic amines) is 1. The number of aryl methyl sites for hydroxylation is 1. The van der Waals surface area contributed by atoms with E-state index in [9.17, 15) is 14.7 Å². The van der Waals surface area contributed by atoms with E-state index in [1.807, 2.05) is 63.5 Å². The number of hydrogen-bond acceptors (Lipinski definition) is 10. The van der Waals surface area contributed by atoms with Crippen molar-refractivity contribution in [1.82, 2.24) is 30.6 Å². The van der Waals surface area contributed by atoms with Crippen molar-refractivity contribution in [2.45, 2.75) is 89.7 Å². The van der Waals surface area contributed by atoms with Gasteiger partial charge in [-0.05, 0) is 63.7 Å². The van der Waals surface area contributed by atoms with E-state index in [-0.39, 0.29) is 42.8 Å². The normalized spacial score (nSPS) is 24.3. The average molecular weight is 696 g/mol. The number of benzene rings is 1. The highest BCUT2D eigenvalue weighted by Crippen LogP contribution is 2.34. The zero-order chi connectivity index (χ0) is 34.9. The topological polar surface area (TPSA) is 127 Å². The molecule has 2 aromatic heterocycles. The molecule has 1 aromatic carbocycles. The van der Waals surface area contributed by atoms with E-state index in [1.165, 1.54) is 4.90 Å². The predicted molar refractivity (Wildman–Crippen MR) is 188 cm³/mol. The van der Waals surface area contributed by atoms with Crippen molar-refractivity contribution in [2.75, 3.05) is 50.7 Å². The lowest BCUT2D eigenvalue weighted by Crippen LogP contribution is -2.57. The van der Waals surface area contributed by atoms with Gasteiger partial charge in [0.05, 0.1) is 28.2 Å². The molecule has 0 saturated carbocycles. The van der Waals surface area contributed by atoms with Crippen LogP contribution in [0.25, 0.3) is 10.4 Å². The minimum absolute atomic E-state index is 0.0734. The molecule has 5 heterocycles. The number of nitrogens with one attached hydrogen (secondary N) is 2. The number of aromatic nitrogens is 2. The van der Waals surface area contributed by atoms with Gasteiger partial charge in [-0.3, -0.25) is 14.5 Å². The molecule has 0 bridgehead atoms. The highest BCUT2D eigenvalue weighted by Gasteiger charge is 2.44. The van der Waals surface area contributed by atoms with Crippen LogP contribution in [0.3, 0.4) is 0 Å². The molecule has 3 saturated heterocycles. The van der Waals surface area contributed by atoms with Crippen LogP contribution in [-0.4, -0.2) is 107 Å². The Morgan fingerprint density at radius 1 is 1.16 bits per heavy atom. The van der Waals surface area contributed by atoms with Gasteiger partial charge in [0.2, 0.25) is 11.8 Å². The first kappa shape index (κ1) is 35.4. The Morgan fingerprint density at radius 3 is 2.55 bits per heavy atom. The maximum atomic E-state index is 15.4. The molecule has 2 unspecified atom stereocenters. The van der Waals surface area contributed by atoms with Crippen molar-refractivity contribution < 1.29 is 23.6 Å². The first-order chi connectivity index (χ1) is 23.4. The van der Waals surface area contributed by atoms with Gasteiger partial charge >= 0.3 is 0 Å². The number of carbonyl (C=O) groups is 2. The van der Waals surface area contributed by atoms with Gasteiger partial charge in [0.1, 0.15) is 17.6 Å². The zero-order valence-electron chi connectivity index (χ0n) is 29.2. The molecule has 49 heavy (non-hydrogen) atoms. The molecule has 3 fully saturated rings. The molecule has 13 heteroatoms. The van der Waals surface area contributed by atoms with Crippen LogP contribution >= 0.6 is 11.3 Å². The van der Waals surface area contributed by atoms with Gasteiger partial charge in [0.25, 0.3) is 0 Å². The van der Waals surface area contributed by atoms with Gasteiger partial charge in [-0.2, -0.15) is 0 Å². The van der Waals surface area contributed by atoms with Crippen molar-refractivity contribution in [3.05, 3.63) is 52.9 Å². The summed E-state index contributed by atoms with van der Waals surface area (Å²) in [6.07, 6.45) is 0.435. The lowest BCUT2D eigenvalue weighted by Gasteiger charge is -2.43. The Hall–Kier alpha value is -3.39. The predicted octanol–water partition coefficient (Wildman–Crippen LogP) is 4.29. The number of hydrogen-bond donors (Lipinski definition) is 3. The van der Waals surface area contributed by atoms with Crippen LogP contribution in [0.5, 0.6) is 0 Å². The van der Waals surface area contributed by atoms with Crippen LogP contribution in [0.4, 0.5) is 10.2 Å². The molecule has 3 N–H and O–H groups in total. The summed E-state index contributed by atoms with van der Waals surface area (Å²) in [5.74, 6) is -0.292. The number of aliphatic hydroxyl groups excluding tert-OH is 1. The second kappa shape index (κ2) is 14.8. The second-order valence-electron chi connectivity index (χ2n) is 14.5. The van der Waals surface area contributed by atoms with E-state index < -0.39 is 23.7 Å². The number of aliphatic hydroxyl groups is 1. The SMILES string of the molecule is Cc1ncsc1-c1ccc(C(C)NC(=O)[C@@H]2C[C@@H](O)CN2C(=O)C(c2cc(N3CCN(CC4(F)CCNCC4)[C@@H](C)C3)no2)C(C)C)cc1. The van der Waals surface area contributed by atoms with E-state index in [0.717, 1.165) is 21.7 Å². The van der Waals surface area contributed by atoms with Crippen molar-refractivity contribution in [3.8, 4) is 10.4 Å². The molecule has 3 aromatic rings. The van der Waals surface area contributed by atoms with E-state index >= 15 is 4.39 Å². The zero-order valence-corrected chi connectivity index (χ0v) is 30.0. The van der Waals surface area contributed by atoms with E-state index in [1.54, 1.807) is 11.3 Å². The summed E-state index contributed by atoms with van der Waals surface area (Å²) >= 11 is 1.59. The molecule has 0 radical (unpaired) electrons. The molecule has 11 nitrogen and oxygen atoms in total. The molecule has 2 amide bonds. The second-order valence-corrected chi connectivity index (χ2v) is 15.3. The third-order valence-corrected chi connectivity index (χ3v) is 11.4. The van der Waals surface area contributed by atoms with Gasteiger partial charge in [-0.1, -0.05) is 43.3 Å². The number of nitrogens with zero attached hydrogens (tertiary/aromatic N) is 5. The highest BCUT2D eigenvalue weighted by atomic mass is 32.1. The number of carbonyl (C=O) groups excluding carboxylic acids is 2. The van der Waals surface area contributed by atoms with E-state index in [4.69, 9.17) is 4.52 Å². The van der Waals surface area contributed by atoms with Crippen LogP contribution < -0.4 is 15.5 Å².